The van der Waals surface area contributed by atoms with Crippen LogP contribution in [0.3, 0.4) is 0 Å². The Morgan fingerprint density at radius 3 is 2.21 bits per heavy atom. The van der Waals surface area contributed by atoms with Crippen molar-refractivity contribution in [2.75, 3.05) is 12.9 Å². The van der Waals surface area contributed by atoms with Crippen molar-refractivity contribution in [3.05, 3.63) is 71.7 Å². The minimum absolute atomic E-state index is 0.0663. The second-order valence-corrected chi connectivity index (χ2v) is 10.1. The lowest BCUT2D eigenvalue weighted by Crippen LogP contribution is -2.45. The lowest BCUT2D eigenvalue weighted by atomic mass is 9.85. The van der Waals surface area contributed by atoms with Gasteiger partial charge < -0.3 is 20.5 Å². The summed E-state index contributed by atoms with van der Waals surface area (Å²) in [7, 11) is -3.39. The molecular formula is C24H27FN2O5S. The fourth-order valence-corrected chi connectivity index (χ4v) is 4.57. The lowest BCUT2D eigenvalue weighted by molar-refractivity contribution is -0.144. The van der Waals surface area contributed by atoms with E-state index in [0.717, 1.165) is 6.26 Å². The molecule has 33 heavy (non-hydrogen) atoms. The van der Waals surface area contributed by atoms with Crippen molar-refractivity contribution in [2.24, 2.45) is 5.73 Å². The Kier molecular flexibility index (Phi) is 7.06. The number of rotatable bonds is 9. The third-order valence-corrected chi connectivity index (χ3v) is 6.88. The first-order valence-electron chi connectivity index (χ1n) is 10.4. The smallest absolute Gasteiger partial charge is 0.328 e. The minimum Gasteiger partial charge on any atom is -0.480 e. The summed E-state index contributed by atoms with van der Waals surface area (Å²) in [6.07, 6.45) is 2.07. The van der Waals surface area contributed by atoms with E-state index in [4.69, 9.17) is 10.8 Å². The van der Waals surface area contributed by atoms with Gasteiger partial charge in [0.05, 0.1) is 10.6 Å². The molecule has 1 aromatic heterocycles. The van der Waals surface area contributed by atoms with Crippen LogP contribution in [0.15, 0.2) is 59.5 Å². The summed E-state index contributed by atoms with van der Waals surface area (Å²) in [4.78, 5) is 12.4. The van der Waals surface area contributed by atoms with Gasteiger partial charge in [-0.15, -0.1) is 0 Å². The number of nitrogens with two attached hydrogens (primary N) is 1. The van der Waals surface area contributed by atoms with Crippen LogP contribution in [0.2, 0.25) is 0 Å². The molecule has 3 aromatic rings. The number of aliphatic hydroxyl groups excluding tert-OH is 1. The van der Waals surface area contributed by atoms with Gasteiger partial charge in [-0.3, -0.25) is 0 Å². The molecule has 0 amide bonds. The molecular weight excluding hydrogens is 447 g/mol. The number of carboxylic acid groups (broad SMARTS) is 1. The quantitative estimate of drug-likeness (QED) is 0.409. The van der Waals surface area contributed by atoms with Gasteiger partial charge in [0, 0.05) is 29.8 Å². The molecule has 0 bridgehead atoms. The maximum atomic E-state index is 13.6. The number of nitrogens with zero attached hydrogens (tertiary/aromatic N) is 1. The molecule has 1 atom stereocenters. The molecule has 7 nitrogen and oxygen atoms in total. The lowest BCUT2D eigenvalue weighted by Gasteiger charge is -2.25. The van der Waals surface area contributed by atoms with E-state index in [-0.39, 0.29) is 17.9 Å². The van der Waals surface area contributed by atoms with Crippen LogP contribution in [0, 0.1) is 12.7 Å². The van der Waals surface area contributed by atoms with Crippen LogP contribution in [-0.2, 0) is 20.2 Å². The van der Waals surface area contributed by atoms with Gasteiger partial charge in [-0.25, -0.2) is 17.6 Å². The van der Waals surface area contributed by atoms with E-state index >= 15 is 0 Å². The Hall–Kier alpha value is -3.01. The summed E-state index contributed by atoms with van der Waals surface area (Å²) in [5, 5.41) is 19.1. The average Bonchev–Trinajstić information content (AvgIpc) is 3.11. The summed E-state index contributed by atoms with van der Waals surface area (Å²) < 4.78 is 39.1. The van der Waals surface area contributed by atoms with Crippen LogP contribution in [0.5, 0.6) is 0 Å². The molecule has 0 radical (unpaired) electrons. The molecule has 0 aliphatic carbocycles. The van der Waals surface area contributed by atoms with Crippen molar-refractivity contribution in [2.45, 2.75) is 36.6 Å². The first-order valence-corrected chi connectivity index (χ1v) is 12.3. The zero-order valence-electron chi connectivity index (χ0n) is 18.5. The van der Waals surface area contributed by atoms with Crippen LogP contribution < -0.4 is 5.73 Å². The van der Waals surface area contributed by atoms with Crippen LogP contribution in [0.1, 0.15) is 30.5 Å². The van der Waals surface area contributed by atoms with E-state index in [1.165, 1.54) is 24.3 Å². The van der Waals surface area contributed by atoms with Gasteiger partial charge in [-0.1, -0.05) is 12.1 Å². The predicted octanol–water partition coefficient (Wildman–Crippen LogP) is 3.40. The average molecular weight is 475 g/mol. The highest BCUT2D eigenvalue weighted by Crippen LogP contribution is 2.36. The van der Waals surface area contributed by atoms with Crippen molar-refractivity contribution in [3.8, 4) is 16.9 Å². The maximum Gasteiger partial charge on any atom is 0.328 e. The van der Waals surface area contributed by atoms with E-state index in [2.05, 4.69) is 0 Å². The number of sulfone groups is 1. The van der Waals surface area contributed by atoms with Gasteiger partial charge in [0.2, 0.25) is 0 Å². The zero-order valence-corrected chi connectivity index (χ0v) is 19.3. The second kappa shape index (κ2) is 9.46. The number of aromatic nitrogens is 1. The highest BCUT2D eigenvalue weighted by molar-refractivity contribution is 7.90. The van der Waals surface area contributed by atoms with Crippen molar-refractivity contribution >= 4 is 15.8 Å². The molecule has 0 aliphatic rings. The highest BCUT2D eigenvalue weighted by Gasteiger charge is 2.39. The van der Waals surface area contributed by atoms with Gasteiger partial charge in [0.1, 0.15) is 11.4 Å². The Labute approximate surface area is 192 Å². The van der Waals surface area contributed by atoms with E-state index < -0.39 is 27.2 Å². The number of aliphatic hydroxyl groups is 1. The van der Waals surface area contributed by atoms with Crippen molar-refractivity contribution in [1.82, 2.24) is 4.57 Å². The van der Waals surface area contributed by atoms with Crippen molar-refractivity contribution < 1.29 is 27.8 Å². The standard InChI is InChI=1S/C24H27FN2O5S/c1-16-21(24(26,23(29)30)13-3-4-14-28)15-22(27(16)19-9-7-18(25)8-10-19)17-5-11-20(12-6-17)33(2,31)32/h5-12,15,28H,3-4,13-14,26H2,1-2H3,(H,29,30)/t24-/m1/s1. The number of carboxylic acids is 1. The predicted molar refractivity (Wildman–Crippen MR) is 123 cm³/mol. The van der Waals surface area contributed by atoms with Gasteiger partial charge >= 0.3 is 5.97 Å². The Morgan fingerprint density at radius 2 is 1.70 bits per heavy atom. The zero-order chi connectivity index (χ0) is 24.4. The van der Waals surface area contributed by atoms with Crippen LogP contribution in [0.25, 0.3) is 16.9 Å². The van der Waals surface area contributed by atoms with Crippen LogP contribution in [-0.4, -0.2) is 42.0 Å². The number of hydrogen-bond acceptors (Lipinski definition) is 5. The molecule has 2 aromatic carbocycles. The number of benzene rings is 2. The maximum absolute atomic E-state index is 13.6. The first-order chi connectivity index (χ1) is 15.5. The largest absolute Gasteiger partial charge is 0.480 e. The molecule has 0 fully saturated rings. The molecule has 0 saturated heterocycles. The molecule has 3 rings (SSSR count). The SMILES string of the molecule is Cc1c([C@](N)(CCCCO)C(=O)O)cc(-c2ccc(S(C)(=O)=O)cc2)n1-c1ccc(F)cc1. The van der Waals surface area contributed by atoms with E-state index in [9.17, 15) is 22.7 Å². The fraction of sp³-hybridized carbons (Fsp3) is 0.292. The Balaban J connectivity index is 2.23. The Bertz CT molecular complexity index is 1250. The minimum atomic E-state index is -3.39. The van der Waals surface area contributed by atoms with Gasteiger partial charge in [0.25, 0.3) is 0 Å². The van der Waals surface area contributed by atoms with E-state index in [0.29, 0.717) is 41.0 Å². The molecule has 4 N–H and O–H groups in total. The molecule has 1 heterocycles. The summed E-state index contributed by atoms with van der Waals surface area (Å²) in [6.45, 7) is 1.67. The topological polar surface area (TPSA) is 123 Å². The number of aliphatic carboxylic acids is 1. The van der Waals surface area contributed by atoms with Crippen LogP contribution in [0.4, 0.5) is 4.39 Å². The summed E-state index contributed by atoms with van der Waals surface area (Å²) >= 11 is 0. The van der Waals surface area contributed by atoms with Gasteiger partial charge in [0.15, 0.2) is 9.84 Å². The molecule has 0 spiro atoms. The monoisotopic (exact) mass is 474 g/mol. The molecule has 0 aliphatic heterocycles. The summed E-state index contributed by atoms with van der Waals surface area (Å²) in [5.41, 5.74) is 7.50. The van der Waals surface area contributed by atoms with E-state index in [1.807, 2.05) is 0 Å². The van der Waals surface area contributed by atoms with Gasteiger partial charge in [-0.05, 0) is 74.2 Å². The number of unbranched alkanes of at least 4 members (excludes halogenated alkanes) is 1. The molecule has 0 unspecified atom stereocenters. The highest BCUT2D eigenvalue weighted by atomic mass is 32.2. The third kappa shape index (κ3) is 5.00. The van der Waals surface area contributed by atoms with Crippen LogP contribution >= 0.6 is 0 Å². The molecule has 0 saturated carbocycles. The number of halogens is 1. The second-order valence-electron chi connectivity index (χ2n) is 8.09. The summed E-state index contributed by atoms with van der Waals surface area (Å²) in [5.74, 6) is -1.61. The normalized spacial score (nSPS) is 13.6. The van der Waals surface area contributed by atoms with Gasteiger partial charge in [-0.2, -0.15) is 0 Å². The van der Waals surface area contributed by atoms with E-state index in [1.54, 1.807) is 41.8 Å². The van der Waals surface area contributed by atoms with Crippen molar-refractivity contribution in [1.29, 1.82) is 0 Å². The fourth-order valence-electron chi connectivity index (χ4n) is 3.94. The first kappa shape index (κ1) is 24.6. The number of hydrogen-bond donors (Lipinski definition) is 3. The molecule has 176 valence electrons. The Morgan fingerprint density at radius 1 is 1.09 bits per heavy atom. The third-order valence-electron chi connectivity index (χ3n) is 5.75. The number of carbonyl (C=O) groups is 1. The summed E-state index contributed by atoms with van der Waals surface area (Å²) in [6, 6.07) is 13.7. The molecule has 9 heteroatoms. The van der Waals surface area contributed by atoms with Crippen molar-refractivity contribution in [3.63, 3.8) is 0 Å².